The number of benzene rings is 1. The second-order valence-electron chi connectivity index (χ2n) is 6.40. The van der Waals surface area contributed by atoms with Crippen LogP contribution in [0.5, 0.6) is 5.75 Å². The summed E-state index contributed by atoms with van der Waals surface area (Å²) in [5.41, 5.74) is 1.10. The number of amides is 1. The van der Waals surface area contributed by atoms with Gasteiger partial charge in [0.05, 0.1) is 7.11 Å². The third kappa shape index (κ3) is 3.80. The molecule has 0 bridgehead atoms. The lowest BCUT2D eigenvalue weighted by molar-refractivity contribution is -0.132. The molecule has 3 rings (SSSR count). The van der Waals surface area contributed by atoms with Gasteiger partial charge in [-0.1, -0.05) is 18.2 Å². The number of hydrogen-bond acceptors (Lipinski definition) is 3. The maximum Gasteiger partial charge on any atom is 0.223 e. The summed E-state index contributed by atoms with van der Waals surface area (Å²) in [5.74, 6) is 1.17. The molecule has 0 spiro atoms. The molecule has 1 aliphatic heterocycles. The fraction of sp³-hybridized carbons (Fsp3) is 0.611. The van der Waals surface area contributed by atoms with E-state index in [0.717, 1.165) is 37.1 Å². The van der Waals surface area contributed by atoms with Gasteiger partial charge in [0.2, 0.25) is 5.91 Å². The quantitative estimate of drug-likeness (QED) is 0.842. The summed E-state index contributed by atoms with van der Waals surface area (Å²) in [7, 11) is 1.69. The molecule has 2 aliphatic rings. The fourth-order valence-electron chi connectivity index (χ4n) is 3.27. The van der Waals surface area contributed by atoms with Crippen molar-refractivity contribution in [3.63, 3.8) is 0 Å². The smallest absolute Gasteiger partial charge is 0.223 e. The van der Waals surface area contributed by atoms with E-state index in [4.69, 9.17) is 4.74 Å². The normalized spacial score (nSPS) is 20.9. The van der Waals surface area contributed by atoms with Crippen molar-refractivity contribution in [2.75, 3.05) is 13.7 Å². The van der Waals surface area contributed by atoms with Crippen molar-refractivity contribution in [3.8, 4) is 5.75 Å². The number of carbonyl (C=O) groups is 1. The molecule has 120 valence electrons. The van der Waals surface area contributed by atoms with E-state index < -0.39 is 0 Å². The van der Waals surface area contributed by atoms with Crippen LogP contribution in [0.25, 0.3) is 0 Å². The molecule has 1 saturated heterocycles. The summed E-state index contributed by atoms with van der Waals surface area (Å²) in [4.78, 5) is 14.7. The van der Waals surface area contributed by atoms with E-state index in [1.54, 1.807) is 7.11 Å². The van der Waals surface area contributed by atoms with Crippen molar-refractivity contribution in [2.45, 2.75) is 57.2 Å². The van der Waals surface area contributed by atoms with Crippen molar-refractivity contribution in [1.29, 1.82) is 0 Å². The molecule has 0 aromatic heterocycles. The molecule has 2 fully saturated rings. The average molecular weight is 302 g/mol. The fourth-order valence-corrected chi connectivity index (χ4v) is 3.27. The summed E-state index contributed by atoms with van der Waals surface area (Å²) in [5, 5.41) is 3.47. The molecule has 1 aromatic rings. The first-order valence-electron chi connectivity index (χ1n) is 8.42. The third-order valence-corrected chi connectivity index (χ3v) is 4.71. The maximum absolute atomic E-state index is 12.6. The van der Waals surface area contributed by atoms with Crippen LogP contribution in [-0.4, -0.2) is 36.5 Å². The Morgan fingerprint density at radius 3 is 2.82 bits per heavy atom. The van der Waals surface area contributed by atoms with E-state index in [1.807, 2.05) is 18.2 Å². The van der Waals surface area contributed by atoms with Crippen LogP contribution in [0.3, 0.4) is 0 Å². The Hall–Kier alpha value is -1.55. The number of nitrogens with zero attached hydrogens (tertiary/aromatic N) is 1. The van der Waals surface area contributed by atoms with E-state index in [9.17, 15) is 4.79 Å². The van der Waals surface area contributed by atoms with E-state index >= 15 is 0 Å². The van der Waals surface area contributed by atoms with Crippen LogP contribution in [0.15, 0.2) is 24.3 Å². The van der Waals surface area contributed by atoms with Gasteiger partial charge < -0.3 is 15.0 Å². The van der Waals surface area contributed by atoms with Crippen molar-refractivity contribution in [3.05, 3.63) is 29.8 Å². The number of ether oxygens (including phenoxy) is 1. The molecule has 1 aliphatic carbocycles. The summed E-state index contributed by atoms with van der Waals surface area (Å²) in [6.45, 7) is 1.78. The molecule has 4 heteroatoms. The van der Waals surface area contributed by atoms with E-state index in [0.29, 0.717) is 31.0 Å². The zero-order chi connectivity index (χ0) is 15.4. The summed E-state index contributed by atoms with van der Waals surface area (Å²) >= 11 is 0. The highest BCUT2D eigenvalue weighted by Gasteiger charge is 2.33. The highest BCUT2D eigenvalue weighted by Crippen LogP contribution is 2.31. The van der Waals surface area contributed by atoms with Gasteiger partial charge in [0, 0.05) is 30.6 Å². The molecule has 4 nitrogen and oxygen atoms in total. The van der Waals surface area contributed by atoms with E-state index in [2.05, 4.69) is 16.3 Å². The Labute approximate surface area is 132 Å². The lowest BCUT2D eigenvalue weighted by atomic mass is 10.1. The van der Waals surface area contributed by atoms with Crippen molar-refractivity contribution < 1.29 is 9.53 Å². The van der Waals surface area contributed by atoms with E-state index in [1.165, 1.54) is 12.8 Å². The monoisotopic (exact) mass is 302 g/mol. The highest BCUT2D eigenvalue weighted by atomic mass is 16.5. The molecular weight excluding hydrogens is 276 g/mol. The molecule has 1 N–H and O–H groups in total. The van der Waals surface area contributed by atoms with Crippen LogP contribution in [0.2, 0.25) is 0 Å². The van der Waals surface area contributed by atoms with Crippen molar-refractivity contribution in [1.82, 2.24) is 10.2 Å². The first-order valence-corrected chi connectivity index (χ1v) is 8.42. The van der Waals surface area contributed by atoms with Gasteiger partial charge in [0.25, 0.3) is 0 Å². The molecular formula is C18H26N2O2. The summed E-state index contributed by atoms with van der Waals surface area (Å²) < 4.78 is 5.42. The predicted octanol–water partition coefficient (Wildman–Crippen LogP) is 2.72. The average Bonchev–Trinajstić information content (AvgIpc) is 3.25. The number of methoxy groups -OCH3 is 1. The minimum absolute atomic E-state index is 0.294. The minimum Gasteiger partial charge on any atom is -0.496 e. The topological polar surface area (TPSA) is 41.6 Å². The molecule has 0 radical (unpaired) electrons. The van der Waals surface area contributed by atoms with Gasteiger partial charge in [-0.05, 0) is 44.7 Å². The Morgan fingerprint density at radius 2 is 2.14 bits per heavy atom. The molecule has 1 unspecified atom stereocenters. The second kappa shape index (κ2) is 7.14. The SMILES string of the molecule is COc1ccccc1CN(C(=O)CCC1CCCN1)C1CC1. The van der Waals surface area contributed by atoms with Gasteiger partial charge >= 0.3 is 0 Å². The molecule has 1 aromatic carbocycles. The van der Waals surface area contributed by atoms with Gasteiger partial charge in [0.15, 0.2) is 0 Å². The lowest BCUT2D eigenvalue weighted by Crippen LogP contribution is -2.34. The van der Waals surface area contributed by atoms with Crippen LogP contribution in [0, 0.1) is 0 Å². The zero-order valence-corrected chi connectivity index (χ0v) is 13.4. The lowest BCUT2D eigenvalue weighted by Gasteiger charge is -2.24. The van der Waals surface area contributed by atoms with E-state index in [-0.39, 0.29) is 0 Å². The standard InChI is InChI=1S/C18H26N2O2/c1-22-17-7-3-2-5-14(17)13-20(16-9-10-16)18(21)11-8-15-6-4-12-19-15/h2-3,5,7,15-16,19H,4,6,8-13H2,1H3. The van der Waals surface area contributed by atoms with Gasteiger partial charge in [-0.25, -0.2) is 0 Å². The minimum atomic E-state index is 0.294. The molecule has 1 atom stereocenters. The molecule has 22 heavy (non-hydrogen) atoms. The number of rotatable bonds is 7. The van der Waals surface area contributed by atoms with Crippen molar-refractivity contribution in [2.24, 2.45) is 0 Å². The Morgan fingerprint density at radius 1 is 1.32 bits per heavy atom. The van der Waals surface area contributed by atoms with Gasteiger partial charge in [-0.15, -0.1) is 0 Å². The van der Waals surface area contributed by atoms with Crippen LogP contribution < -0.4 is 10.1 Å². The maximum atomic E-state index is 12.6. The van der Waals surface area contributed by atoms with Gasteiger partial charge in [0.1, 0.15) is 5.75 Å². The van der Waals surface area contributed by atoms with Crippen LogP contribution in [0.4, 0.5) is 0 Å². The highest BCUT2D eigenvalue weighted by molar-refractivity contribution is 5.77. The first-order chi connectivity index (χ1) is 10.8. The van der Waals surface area contributed by atoms with Gasteiger partial charge in [-0.3, -0.25) is 4.79 Å². The third-order valence-electron chi connectivity index (χ3n) is 4.71. The van der Waals surface area contributed by atoms with Gasteiger partial charge in [-0.2, -0.15) is 0 Å². The second-order valence-corrected chi connectivity index (χ2v) is 6.40. The molecule has 1 amide bonds. The van der Waals surface area contributed by atoms with Crippen molar-refractivity contribution >= 4 is 5.91 Å². The largest absolute Gasteiger partial charge is 0.496 e. The van der Waals surface area contributed by atoms with Crippen LogP contribution in [0.1, 0.15) is 44.1 Å². The Bertz CT molecular complexity index is 508. The number of nitrogens with one attached hydrogen (secondary N) is 1. The number of hydrogen-bond donors (Lipinski definition) is 1. The van der Waals surface area contributed by atoms with Crippen LogP contribution >= 0.6 is 0 Å². The Kier molecular flexibility index (Phi) is 4.98. The number of carbonyl (C=O) groups excluding carboxylic acids is 1. The summed E-state index contributed by atoms with van der Waals surface area (Å²) in [6, 6.07) is 8.98. The molecule has 1 saturated carbocycles. The van der Waals surface area contributed by atoms with Crippen LogP contribution in [-0.2, 0) is 11.3 Å². The molecule has 1 heterocycles. The Balaban J connectivity index is 1.60. The predicted molar refractivity (Wildman–Crippen MR) is 86.8 cm³/mol. The summed E-state index contributed by atoms with van der Waals surface area (Å²) in [6.07, 6.45) is 6.36. The number of para-hydroxylation sites is 1. The zero-order valence-electron chi connectivity index (χ0n) is 13.4. The first kappa shape index (κ1) is 15.3.